The number of halogens is 1. The average Bonchev–Trinajstić information content (AvgIpc) is 2.76. The zero-order valence-electron chi connectivity index (χ0n) is 16.6. The molecule has 0 fully saturated rings. The summed E-state index contributed by atoms with van der Waals surface area (Å²) >= 11 is 5.50. The summed E-state index contributed by atoms with van der Waals surface area (Å²) < 4.78 is 0. The summed E-state index contributed by atoms with van der Waals surface area (Å²) in [5.74, 6) is -0.712. The second-order valence-electron chi connectivity index (χ2n) is 6.47. The first kappa shape index (κ1) is 23.4. The van der Waals surface area contributed by atoms with Crippen LogP contribution < -0.4 is 11.1 Å². The van der Waals surface area contributed by atoms with Crippen molar-refractivity contribution in [3.05, 3.63) is 76.3 Å². The molecule has 0 saturated carbocycles. The van der Waals surface area contributed by atoms with Gasteiger partial charge in [-0.25, -0.2) is 0 Å². The molecule has 0 bridgehead atoms. The highest BCUT2D eigenvalue weighted by Gasteiger charge is 2.08. The molecule has 0 spiro atoms. The number of aromatic hydroxyl groups is 1. The smallest absolute Gasteiger partial charge is 0.248 e. The van der Waals surface area contributed by atoms with E-state index in [0.29, 0.717) is 13.0 Å². The fourth-order valence-electron chi connectivity index (χ4n) is 2.82. The number of carbonyl (C=O) groups excluding carboxylic acids is 2. The summed E-state index contributed by atoms with van der Waals surface area (Å²) in [4.78, 5) is 22.4. The highest BCUT2D eigenvalue weighted by atomic mass is 35.5. The summed E-state index contributed by atoms with van der Waals surface area (Å²) in [6, 6.07) is 17.5. The Hall–Kier alpha value is -3.89. The Labute approximate surface area is 184 Å². The van der Waals surface area contributed by atoms with E-state index in [9.17, 15) is 9.59 Å². The number of nitrogens with zero attached hydrogens (tertiary/aromatic N) is 1. The molecule has 8 heteroatoms. The zero-order valence-corrected chi connectivity index (χ0v) is 17.3. The van der Waals surface area contributed by atoms with Crippen molar-refractivity contribution in [2.75, 3.05) is 6.54 Å². The average molecular weight is 437 g/mol. The van der Waals surface area contributed by atoms with Crippen molar-refractivity contribution in [1.82, 2.24) is 5.32 Å². The van der Waals surface area contributed by atoms with E-state index in [4.69, 9.17) is 33.1 Å². The molecule has 0 atom stereocenters. The highest BCUT2D eigenvalue weighted by molar-refractivity contribution is 6.32. The van der Waals surface area contributed by atoms with Gasteiger partial charge in [0.05, 0.1) is 23.9 Å². The van der Waals surface area contributed by atoms with Gasteiger partial charge in [-0.15, -0.1) is 0 Å². The predicted octanol–water partition coefficient (Wildman–Crippen LogP) is 3.55. The van der Waals surface area contributed by atoms with Crippen LogP contribution in [-0.4, -0.2) is 29.7 Å². The number of fused-ring (bicyclic) bond motifs is 1. The molecular formula is C23H21ClN4O3. The van der Waals surface area contributed by atoms with E-state index in [1.165, 1.54) is 24.4 Å². The maximum Gasteiger partial charge on any atom is 0.248 e. The van der Waals surface area contributed by atoms with Gasteiger partial charge >= 0.3 is 0 Å². The van der Waals surface area contributed by atoms with Gasteiger partial charge < -0.3 is 21.6 Å². The summed E-state index contributed by atoms with van der Waals surface area (Å²) in [6.45, 7) is 0.381. The van der Waals surface area contributed by atoms with Gasteiger partial charge in [0.25, 0.3) is 0 Å². The number of benzene rings is 3. The summed E-state index contributed by atoms with van der Waals surface area (Å²) in [7, 11) is 0. The van der Waals surface area contributed by atoms with Crippen molar-refractivity contribution in [3.63, 3.8) is 0 Å². The molecule has 0 aromatic heterocycles. The third kappa shape index (κ3) is 6.56. The standard InChI is InChI=1S/C16H15N3O.C7H6ClNO2/c17-8-3-9-19-16(20)10-12-6-7-13(11-18)15-5-2-1-4-14(12)15;8-5-3-4(7(9)11)1-2-6(5)10/h1-2,4-7,11,18H,3,9-10H2,(H,19,20);1-3,10H,(H2,9,11). The minimum absolute atomic E-state index is 0.0586. The van der Waals surface area contributed by atoms with Gasteiger partial charge in [-0.05, 0) is 40.1 Å². The lowest BCUT2D eigenvalue weighted by molar-refractivity contribution is -0.120. The topological polar surface area (TPSA) is 140 Å². The van der Waals surface area contributed by atoms with Crippen molar-refractivity contribution >= 4 is 40.4 Å². The normalized spacial score (nSPS) is 9.81. The van der Waals surface area contributed by atoms with Gasteiger partial charge in [-0.3, -0.25) is 9.59 Å². The van der Waals surface area contributed by atoms with E-state index in [1.54, 1.807) is 0 Å². The van der Waals surface area contributed by atoms with Crippen LogP contribution in [0.25, 0.3) is 10.8 Å². The number of phenols is 1. The fraction of sp³-hybridized carbons (Fsp3) is 0.130. The number of amides is 2. The molecule has 2 amide bonds. The molecule has 158 valence electrons. The number of nitrogens with two attached hydrogens (primary N) is 1. The van der Waals surface area contributed by atoms with Crippen LogP contribution in [0.1, 0.15) is 27.9 Å². The number of hydrogen-bond acceptors (Lipinski definition) is 5. The van der Waals surface area contributed by atoms with Crippen LogP contribution in [0, 0.1) is 16.7 Å². The number of nitrogens with one attached hydrogen (secondary N) is 2. The van der Waals surface area contributed by atoms with Gasteiger partial charge in [-0.2, -0.15) is 5.26 Å². The molecular weight excluding hydrogens is 416 g/mol. The fourth-order valence-corrected chi connectivity index (χ4v) is 3.00. The van der Waals surface area contributed by atoms with E-state index in [2.05, 4.69) is 5.32 Å². The van der Waals surface area contributed by atoms with Crippen LogP contribution in [-0.2, 0) is 11.2 Å². The van der Waals surface area contributed by atoms with Crippen molar-refractivity contribution < 1.29 is 14.7 Å². The zero-order chi connectivity index (χ0) is 22.8. The number of hydrogen-bond donors (Lipinski definition) is 4. The molecule has 7 nitrogen and oxygen atoms in total. The molecule has 5 N–H and O–H groups in total. The maximum absolute atomic E-state index is 11.8. The van der Waals surface area contributed by atoms with Crippen LogP contribution in [0.15, 0.2) is 54.6 Å². The van der Waals surface area contributed by atoms with E-state index >= 15 is 0 Å². The Morgan fingerprint density at radius 1 is 1.16 bits per heavy atom. The molecule has 3 rings (SSSR count). The Bertz CT molecular complexity index is 1160. The summed E-state index contributed by atoms with van der Waals surface area (Å²) in [5.41, 5.74) is 7.01. The second-order valence-corrected chi connectivity index (χ2v) is 6.88. The van der Waals surface area contributed by atoms with Crippen LogP contribution in [0.2, 0.25) is 5.02 Å². The number of primary amides is 1. The number of phenolic OH excluding ortho intramolecular Hbond substituents is 1. The van der Waals surface area contributed by atoms with Crippen molar-refractivity contribution in [1.29, 1.82) is 10.7 Å². The minimum Gasteiger partial charge on any atom is -0.506 e. The Morgan fingerprint density at radius 3 is 2.48 bits per heavy atom. The first-order valence-corrected chi connectivity index (χ1v) is 9.68. The van der Waals surface area contributed by atoms with Gasteiger partial charge in [0.15, 0.2) is 0 Å². The molecule has 3 aromatic rings. The number of nitriles is 1. The molecule has 0 aliphatic carbocycles. The Balaban J connectivity index is 0.000000262. The number of carbonyl (C=O) groups is 2. The maximum atomic E-state index is 11.8. The lowest BCUT2D eigenvalue weighted by Crippen LogP contribution is -2.25. The molecule has 0 aliphatic rings. The quantitative estimate of drug-likeness (QED) is 0.346. The third-order valence-corrected chi connectivity index (χ3v) is 4.65. The van der Waals surface area contributed by atoms with Gasteiger partial charge in [0.1, 0.15) is 5.75 Å². The first-order valence-electron chi connectivity index (χ1n) is 9.30. The summed E-state index contributed by atoms with van der Waals surface area (Å²) in [5, 5.41) is 29.6. The molecule has 0 unspecified atom stereocenters. The van der Waals surface area contributed by atoms with Gasteiger partial charge in [0.2, 0.25) is 11.8 Å². The first-order chi connectivity index (χ1) is 14.9. The molecule has 0 aliphatic heterocycles. The summed E-state index contributed by atoms with van der Waals surface area (Å²) in [6.07, 6.45) is 1.92. The van der Waals surface area contributed by atoms with Crippen molar-refractivity contribution in [2.24, 2.45) is 5.73 Å². The lowest BCUT2D eigenvalue weighted by Gasteiger charge is -2.09. The second kappa shape index (κ2) is 11.3. The van der Waals surface area contributed by atoms with Crippen LogP contribution in [0.3, 0.4) is 0 Å². The lowest BCUT2D eigenvalue weighted by atomic mass is 9.98. The van der Waals surface area contributed by atoms with E-state index in [1.807, 2.05) is 42.5 Å². The number of rotatable bonds is 6. The molecule has 0 saturated heterocycles. The molecule has 0 radical (unpaired) electrons. The van der Waals surface area contributed by atoms with Crippen LogP contribution >= 0.6 is 11.6 Å². The Morgan fingerprint density at radius 2 is 1.87 bits per heavy atom. The van der Waals surface area contributed by atoms with Crippen molar-refractivity contribution in [2.45, 2.75) is 12.8 Å². The Kier molecular flexibility index (Phi) is 8.55. The van der Waals surface area contributed by atoms with Crippen molar-refractivity contribution in [3.8, 4) is 11.8 Å². The molecule has 3 aromatic carbocycles. The van der Waals surface area contributed by atoms with Gasteiger partial charge in [-0.1, -0.05) is 48.0 Å². The predicted molar refractivity (Wildman–Crippen MR) is 120 cm³/mol. The third-order valence-electron chi connectivity index (χ3n) is 4.35. The molecule has 0 heterocycles. The van der Waals surface area contributed by atoms with E-state index < -0.39 is 5.91 Å². The van der Waals surface area contributed by atoms with E-state index in [-0.39, 0.29) is 28.7 Å². The van der Waals surface area contributed by atoms with Crippen LogP contribution in [0.4, 0.5) is 0 Å². The highest BCUT2D eigenvalue weighted by Crippen LogP contribution is 2.23. The SMILES string of the molecule is N#CCCNC(=O)Cc1ccc(C=N)c2ccccc12.NC(=O)c1ccc(O)c(Cl)c1. The monoisotopic (exact) mass is 436 g/mol. The van der Waals surface area contributed by atoms with Crippen LogP contribution in [0.5, 0.6) is 5.75 Å². The largest absolute Gasteiger partial charge is 0.506 e. The minimum atomic E-state index is -0.563. The van der Waals surface area contributed by atoms with Gasteiger partial charge in [0, 0.05) is 18.3 Å². The molecule has 31 heavy (non-hydrogen) atoms. The van der Waals surface area contributed by atoms with E-state index in [0.717, 1.165) is 21.9 Å².